The SMILES string of the molecule is COCCOCCC(N)c1cc(C)c(OC)cc1C. The Morgan fingerprint density at radius 2 is 1.79 bits per heavy atom. The zero-order valence-electron chi connectivity index (χ0n) is 12.4. The Kier molecular flexibility index (Phi) is 6.84. The van der Waals surface area contributed by atoms with E-state index in [2.05, 4.69) is 13.0 Å². The van der Waals surface area contributed by atoms with E-state index >= 15 is 0 Å². The van der Waals surface area contributed by atoms with E-state index in [-0.39, 0.29) is 6.04 Å². The first-order valence-corrected chi connectivity index (χ1v) is 6.57. The lowest BCUT2D eigenvalue weighted by atomic mass is 9.97. The van der Waals surface area contributed by atoms with Gasteiger partial charge in [-0.1, -0.05) is 6.07 Å². The van der Waals surface area contributed by atoms with Gasteiger partial charge in [0.25, 0.3) is 0 Å². The summed E-state index contributed by atoms with van der Waals surface area (Å²) in [6.07, 6.45) is 0.802. The van der Waals surface area contributed by atoms with E-state index in [1.165, 1.54) is 0 Å². The van der Waals surface area contributed by atoms with Crippen LogP contribution in [0.15, 0.2) is 12.1 Å². The molecule has 108 valence electrons. The summed E-state index contributed by atoms with van der Waals surface area (Å²) in [5.74, 6) is 0.907. The lowest BCUT2D eigenvalue weighted by Gasteiger charge is -2.17. The molecule has 0 amide bonds. The van der Waals surface area contributed by atoms with E-state index in [0.717, 1.165) is 28.9 Å². The van der Waals surface area contributed by atoms with Gasteiger partial charge < -0.3 is 19.9 Å². The van der Waals surface area contributed by atoms with E-state index < -0.39 is 0 Å². The van der Waals surface area contributed by atoms with Crippen molar-refractivity contribution in [3.05, 3.63) is 28.8 Å². The van der Waals surface area contributed by atoms with Crippen molar-refractivity contribution in [2.24, 2.45) is 5.73 Å². The van der Waals surface area contributed by atoms with Crippen LogP contribution >= 0.6 is 0 Å². The molecule has 0 saturated heterocycles. The Morgan fingerprint density at radius 1 is 1.05 bits per heavy atom. The molecule has 2 N–H and O–H groups in total. The largest absolute Gasteiger partial charge is 0.496 e. The Morgan fingerprint density at radius 3 is 2.42 bits per heavy atom. The van der Waals surface area contributed by atoms with Crippen LogP contribution in [0.5, 0.6) is 5.75 Å². The Labute approximate surface area is 115 Å². The maximum absolute atomic E-state index is 6.22. The molecule has 1 unspecified atom stereocenters. The van der Waals surface area contributed by atoms with Crippen LogP contribution in [0.1, 0.15) is 29.2 Å². The Balaban J connectivity index is 2.56. The van der Waals surface area contributed by atoms with Crippen LogP contribution in [0.25, 0.3) is 0 Å². The quantitative estimate of drug-likeness (QED) is 0.735. The predicted molar refractivity (Wildman–Crippen MR) is 76.7 cm³/mol. The molecular weight excluding hydrogens is 242 g/mol. The van der Waals surface area contributed by atoms with E-state index in [9.17, 15) is 0 Å². The summed E-state index contributed by atoms with van der Waals surface area (Å²) in [6, 6.07) is 4.14. The average Bonchev–Trinajstić information content (AvgIpc) is 2.40. The van der Waals surface area contributed by atoms with Gasteiger partial charge in [-0.25, -0.2) is 0 Å². The van der Waals surface area contributed by atoms with E-state index in [0.29, 0.717) is 19.8 Å². The third kappa shape index (κ3) is 4.82. The zero-order chi connectivity index (χ0) is 14.3. The van der Waals surface area contributed by atoms with Crippen molar-refractivity contribution in [2.75, 3.05) is 34.0 Å². The third-order valence-electron chi connectivity index (χ3n) is 3.19. The molecule has 0 saturated carbocycles. The minimum Gasteiger partial charge on any atom is -0.496 e. The van der Waals surface area contributed by atoms with Crippen LogP contribution < -0.4 is 10.5 Å². The fourth-order valence-corrected chi connectivity index (χ4v) is 2.04. The summed E-state index contributed by atoms with van der Waals surface area (Å²) in [5, 5.41) is 0. The molecule has 0 aliphatic heterocycles. The third-order valence-corrected chi connectivity index (χ3v) is 3.19. The number of rotatable bonds is 8. The van der Waals surface area contributed by atoms with E-state index in [1.807, 2.05) is 13.0 Å². The fourth-order valence-electron chi connectivity index (χ4n) is 2.04. The van der Waals surface area contributed by atoms with Crippen molar-refractivity contribution in [1.82, 2.24) is 0 Å². The number of hydrogen-bond acceptors (Lipinski definition) is 4. The smallest absolute Gasteiger partial charge is 0.122 e. The van der Waals surface area contributed by atoms with Gasteiger partial charge in [-0.2, -0.15) is 0 Å². The van der Waals surface area contributed by atoms with Crippen molar-refractivity contribution in [3.8, 4) is 5.75 Å². The highest BCUT2D eigenvalue weighted by atomic mass is 16.5. The highest BCUT2D eigenvalue weighted by molar-refractivity contribution is 5.42. The van der Waals surface area contributed by atoms with Crippen LogP contribution in [0.2, 0.25) is 0 Å². The molecule has 0 radical (unpaired) electrons. The second-order valence-corrected chi connectivity index (χ2v) is 4.68. The van der Waals surface area contributed by atoms with E-state index in [1.54, 1.807) is 14.2 Å². The lowest BCUT2D eigenvalue weighted by molar-refractivity contribution is 0.0672. The van der Waals surface area contributed by atoms with E-state index in [4.69, 9.17) is 19.9 Å². The molecule has 1 aromatic rings. The van der Waals surface area contributed by atoms with Crippen molar-refractivity contribution < 1.29 is 14.2 Å². The van der Waals surface area contributed by atoms with Crippen LogP contribution in [0.3, 0.4) is 0 Å². The molecule has 0 spiro atoms. The number of aryl methyl sites for hydroxylation is 2. The molecule has 0 aliphatic carbocycles. The van der Waals surface area contributed by atoms with Gasteiger partial charge in [0.2, 0.25) is 0 Å². The molecular formula is C15H25NO3. The standard InChI is InChI=1S/C15H25NO3/c1-11-10-15(18-4)12(2)9-13(11)14(16)5-6-19-8-7-17-3/h9-10,14H,5-8,16H2,1-4H3. The first kappa shape index (κ1) is 16.0. The highest BCUT2D eigenvalue weighted by Crippen LogP contribution is 2.26. The van der Waals surface area contributed by atoms with Crippen molar-refractivity contribution in [2.45, 2.75) is 26.3 Å². The number of hydrogen-bond donors (Lipinski definition) is 1. The summed E-state index contributed by atoms with van der Waals surface area (Å²) >= 11 is 0. The van der Waals surface area contributed by atoms with Crippen LogP contribution in [-0.2, 0) is 9.47 Å². The molecule has 4 nitrogen and oxygen atoms in total. The van der Waals surface area contributed by atoms with Crippen LogP contribution in [-0.4, -0.2) is 34.0 Å². The minimum absolute atomic E-state index is 0.00727. The molecule has 1 rings (SSSR count). The molecule has 1 atom stereocenters. The summed E-state index contributed by atoms with van der Waals surface area (Å²) in [5.41, 5.74) is 9.65. The topological polar surface area (TPSA) is 53.7 Å². The predicted octanol–water partition coefficient (Wildman–Crippen LogP) is 2.36. The molecule has 4 heteroatoms. The molecule has 0 aromatic heterocycles. The highest BCUT2D eigenvalue weighted by Gasteiger charge is 2.11. The molecule has 1 aromatic carbocycles. The molecule has 19 heavy (non-hydrogen) atoms. The Bertz CT molecular complexity index is 393. The Hall–Kier alpha value is -1.10. The molecule has 0 aliphatic rings. The van der Waals surface area contributed by atoms with Gasteiger partial charge in [0.15, 0.2) is 0 Å². The maximum atomic E-state index is 6.22. The van der Waals surface area contributed by atoms with Crippen LogP contribution in [0.4, 0.5) is 0 Å². The van der Waals surface area contributed by atoms with Gasteiger partial charge >= 0.3 is 0 Å². The van der Waals surface area contributed by atoms with Gasteiger partial charge in [0.1, 0.15) is 5.75 Å². The molecule has 0 heterocycles. The van der Waals surface area contributed by atoms with Gasteiger partial charge in [0, 0.05) is 19.8 Å². The number of ether oxygens (including phenoxy) is 3. The normalized spacial score (nSPS) is 12.5. The van der Waals surface area contributed by atoms with Crippen molar-refractivity contribution >= 4 is 0 Å². The summed E-state index contributed by atoms with van der Waals surface area (Å²) in [4.78, 5) is 0. The zero-order valence-corrected chi connectivity index (χ0v) is 12.4. The van der Waals surface area contributed by atoms with Crippen molar-refractivity contribution in [1.29, 1.82) is 0 Å². The summed E-state index contributed by atoms with van der Waals surface area (Å²) in [6.45, 7) is 5.97. The maximum Gasteiger partial charge on any atom is 0.122 e. The summed E-state index contributed by atoms with van der Waals surface area (Å²) < 4.78 is 15.7. The minimum atomic E-state index is -0.00727. The lowest BCUT2D eigenvalue weighted by Crippen LogP contribution is -2.15. The number of methoxy groups -OCH3 is 2. The van der Waals surface area contributed by atoms with Gasteiger partial charge in [-0.05, 0) is 43.0 Å². The van der Waals surface area contributed by atoms with Crippen molar-refractivity contribution in [3.63, 3.8) is 0 Å². The van der Waals surface area contributed by atoms with Gasteiger partial charge in [0.05, 0.1) is 20.3 Å². The van der Waals surface area contributed by atoms with Crippen LogP contribution in [0, 0.1) is 13.8 Å². The average molecular weight is 267 g/mol. The second-order valence-electron chi connectivity index (χ2n) is 4.68. The first-order valence-electron chi connectivity index (χ1n) is 6.57. The van der Waals surface area contributed by atoms with Gasteiger partial charge in [-0.15, -0.1) is 0 Å². The summed E-state index contributed by atoms with van der Waals surface area (Å²) in [7, 11) is 3.35. The molecule has 0 fully saturated rings. The monoisotopic (exact) mass is 267 g/mol. The fraction of sp³-hybridized carbons (Fsp3) is 0.600. The number of nitrogens with two attached hydrogens (primary N) is 1. The number of benzene rings is 1. The van der Waals surface area contributed by atoms with Gasteiger partial charge in [-0.3, -0.25) is 0 Å². The molecule has 0 bridgehead atoms. The first-order chi connectivity index (χ1) is 9.10. The second kappa shape index (κ2) is 8.15.